The Balaban J connectivity index is 1.85. The van der Waals surface area contributed by atoms with Crippen molar-refractivity contribution in [2.24, 2.45) is 0 Å². The van der Waals surface area contributed by atoms with Crippen molar-refractivity contribution in [3.05, 3.63) is 77.6 Å². The van der Waals surface area contributed by atoms with Crippen LogP contribution in [-0.4, -0.2) is 19.5 Å². The van der Waals surface area contributed by atoms with E-state index in [0.717, 1.165) is 16.5 Å². The highest BCUT2D eigenvalue weighted by Gasteiger charge is 2.11. The molecule has 0 fully saturated rings. The van der Waals surface area contributed by atoms with E-state index in [0.29, 0.717) is 23.7 Å². The second kappa shape index (κ2) is 6.76. The van der Waals surface area contributed by atoms with Gasteiger partial charge in [0.1, 0.15) is 11.6 Å². The van der Waals surface area contributed by atoms with Gasteiger partial charge in [-0.3, -0.25) is 9.78 Å². The first kappa shape index (κ1) is 16.0. The first-order valence-corrected chi connectivity index (χ1v) is 8.38. The number of fused-ring (bicyclic) bond motifs is 1. The molecule has 26 heavy (non-hydrogen) atoms. The van der Waals surface area contributed by atoms with Crippen LogP contribution in [0.25, 0.3) is 22.0 Å². The zero-order valence-electron chi connectivity index (χ0n) is 14.3. The Kier molecular flexibility index (Phi) is 4.15. The quantitative estimate of drug-likeness (QED) is 0.613. The van der Waals surface area contributed by atoms with Gasteiger partial charge >= 0.3 is 0 Å². The number of hydrogen-bond donors (Lipinski definition) is 1. The van der Waals surface area contributed by atoms with Crippen molar-refractivity contribution in [3.8, 4) is 11.1 Å². The maximum atomic E-state index is 13.0. The smallest absolute Gasteiger partial charge is 0.258 e. The molecule has 0 bridgehead atoms. The lowest BCUT2D eigenvalue weighted by Crippen LogP contribution is -2.21. The molecule has 1 aromatic carbocycles. The maximum Gasteiger partial charge on any atom is 0.258 e. The molecule has 0 spiro atoms. The third kappa shape index (κ3) is 2.93. The highest BCUT2D eigenvalue weighted by Crippen LogP contribution is 2.23. The van der Waals surface area contributed by atoms with Crippen LogP contribution in [0.1, 0.15) is 6.92 Å². The molecule has 3 aromatic heterocycles. The topological polar surface area (TPSA) is 72.7 Å². The number of aromatic nitrogens is 4. The van der Waals surface area contributed by atoms with Crippen LogP contribution < -0.4 is 10.9 Å². The van der Waals surface area contributed by atoms with Crippen LogP contribution in [0.2, 0.25) is 0 Å². The van der Waals surface area contributed by atoms with Crippen LogP contribution in [0.15, 0.2) is 72.0 Å². The van der Waals surface area contributed by atoms with Crippen molar-refractivity contribution in [1.82, 2.24) is 19.5 Å². The summed E-state index contributed by atoms with van der Waals surface area (Å²) >= 11 is 0. The minimum absolute atomic E-state index is 0.0112. The predicted octanol–water partition coefficient (Wildman–Crippen LogP) is 3.62. The second-order valence-corrected chi connectivity index (χ2v) is 5.82. The summed E-state index contributed by atoms with van der Waals surface area (Å²) < 4.78 is 1.77. The molecule has 0 aliphatic carbocycles. The van der Waals surface area contributed by atoms with Gasteiger partial charge in [-0.15, -0.1) is 0 Å². The van der Waals surface area contributed by atoms with E-state index in [-0.39, 0.29) is 5.56 Å². The number of nitrogens with one attached hydrogen (secondary N) is 1. The molecule has 0 saturated heterocycles. The summed E-state index contributed by atoms with van der Waals surface area (Å²) in [5, 5.41) is 4.03. The van der Waals surface area contributed by atoms with Crippen molar-refractivity contribution in [2.75, 3.05) is 5.32 Å². The van der Waals surface area contributed by atoms with Crippen molar-refractivity contribution in [3.63, 3.8) is 0 Å². The average Bonchev–Trinajstić information content (AvgIpc) is 2.69. The Labute approximate surface area is 150 Å². The van der Waals surface area contributed by atoms with E-state index in [4.69, 9.17) is 0 Å². The van der Waals surface area contributed by atoms with Crippen molar-refractivity contribution < 1.29 is 0 Å². The number of hydrogen-bond acceptors (Lipinski definition) is 5. The Morgan fingerprint density at radius 3 is 2.58 bits per heavy atom. The molecule has 128 valence electrons. The molecule has 4 rings (SSSR count). The van der Waals surface area contributed by atoms with E-state index < -0.39 is 0 Å². The molecule has 0 atom stereocenters. The third-order valence-electron chi connectivity index (χ3n) is 4.20. The first-order valence-electron chi connectivity index (χ1n) is 8.38. The zero-order valence-corrected chi connectivity index (χ0v) is 14.3. The number of nitrogens with zero attached hydrogens (tertiary/aromatic N) is 4. The maximum absolute atomic E-state index is 13.0. The van der Waals surface area contributed by atoms with Crippen LogP contribution in [-0.2, 0) is 6.54 Å². The minimum atomic E-state index is -0.0112. The molecule has 1 N–H and O–H groups in total. The van der Waals surface area contributed by atoms with Crippen molar-refractivity contribution in [2.45, 2.75) is 13.5 Å². The average molecular weight is 343 g/mol. The van der Waals surface area contributed by atoms with E-state index in [9.17, 15) is 4.79 Å². The van der Waals surface area contributed by atoms with E-state index in [1.54, 1.807) is 29.4 Å². The van der Waals surface area contributed by atoms with Gasteiger partial charge in [-0.2, -0.15) is 0 Å². The summed E-state index contributed by atoms with van der Waals surface area (Å²) in [5.41, 5.74) is 2.40. The van der Waals surface area contributed by atoms with Gasteiger partial charge in [0.25, 0.3) is 5.56 Å². The lowest BCUT2D eigenvalue weighted by atomic mass is 10.1. The van der Waals surface area contributed by atoms with Crippen LogP contribution in [0.4, 0.5) is 11.6 Å². The SMILES string of the molecule is CCn1c(=O)c(-c2ccccc2)cc2cnc(Nc3cnccn3)cc21. The molecule has 0 amide bonds. The van der Waals surface area contributed by atoms with Crippen LogP contribution in [0.3, 0.4) is 0 Å². The first-order chi connectivity index (χ1) is 12.8. The fraction of sp³-hybridized carbons (Fsp3) is 0.100. The highest BCUT2D eigenvalue weighted by molar-refractivity contribution is 5.85. The largest absolute Gasteiger partial charge is 0.324 e. The molecule has 0 saturated carbocycles. The summed E-state index contributed by atoms with van der Waals surface area (Å²) in [6.45, 7) is 2.54. The predicted molar refractivity (Wildman–Crippen MR) is 102 cm³/mol. The molecule has 6 heteroatoms. The number of anilines is 2. The Morgan fingerprint density at radius 1 is 1.00 bits per heavy atom. The van der Waals surface area contributed by atoms with E-state index in [1.165, 1.54) is 0 Å². The Morgan fingerprint density at radius 2 is 1.85 bits per heavy atom. The van der Waals surface area contributed by atoms with Crippen LogP contribution >= 0.6 is 0 Å². The lowest BCUT2D eigenvalue weighted by molar-refractivity contribution is 0.761. The van der Waals surface area contributed by atoms with Gasteiger partial charge in [0, 0.05) is 42.2 Å². The molecule has 3 heterocycles. The summed E-state index contributed by atoms with van der Waals surface area (Å²) in [7, 11) is 0. The Bertz CT molecular complexity index is 1110. The van der Waals surface area contributed by atoms with Gasteiger partial charge in [-0.25, -0.2) is 9.97 Å². The molecule has 0 unspecified atom stereocenters. The van der Waals surface area contributed by atoms with Gasteiger partial charge in [-0.1, -0.05) is 30.3 Å². The van der Waals surface area contributed by atoms with Crippen LogP contribution in [0.5, 0.6) is 0 Å². The number of pyridine rings is 2. The van der Waals surface area contributed by atoms with Gasteiger partial charge < -0.3 is 9.88 Å². The van der Waals surface area contributed by atoms with Crippen molar-refractivity contribution in [1.29, 1.82) is 0 Å². The molecular weight excluding hydrogens is 326 g/mol. The van der Waals surface area contributed by atoms with Crippen molar-refractivity contribution >= 4 is 22.5 Å². The third-order valence-corrected chi connectivity index (χ3v) is 4.20. The molecule has 0 aliphatic rings. The second-order valence-electron chi connectivity index (χ2n) is 5.82. The monoisotopic (exact) mass is 343 g/mol. The molecule has 6 nitrogen and oxygen atoms in total. The van der Waals surface area contributed by atoms with Crippen LogP contribution in [0, 0.1) is 0 Å². The minimum Gasteiger partial charge on any atom is -0.324 e. The standard InChI is InChI=1S/C20H17N5O/c1-2-25-17-11-18(24-19-13-21-8-9-22-19)23-12-15(17)10-16(20(25)26)14-6-4-3-5-7-14/h3-13H,2H2,1H3,(H,22,23,24). The number of benzene rings is 1. The molecular formula is C20H17N5O. The molecule has 4 aromatic rings. The van der Waals surface area contributed by atoms with Gasteiger partial charge in [0.2, 0.25) is 0 Å². The van der Waals surface area contributed by atoms with E-state index in [2.05, 4.69) is 20.3 Å². The van der Waals surface area contributed by atoms with Gasteiger partial charge in [0.05, 0.1) is 11.7 Å². The Hall–Kier alpha value is -3.54. The normalized spacial score (nSPS) is 10.8. The number of rotatable bonds is 4. The lowest BCUT2D eigenvalue weighted by Gasteiger charge is -2.13. The fourth-order valence-corrected chi connectivity index (χ4v) is 2.97. The summed E-state index contributed by atoms with van der Waals surface area (Å²) in [6.07, 6.45) is 6.61. The van der Waals surface area contributed by atoms with Gasteiger partial charge in [0.15, 0.2) is 0 Å². The summed E-state index contributed by atoms with van der Waals surface area (Å²) in [6, 6.07) is 13.5. The zero-order chi connectivity index (χ0) is 17.9. The summed E-state index contributed by atoms with van der Waals surface area (Å²) in [5.74, 6) is 1.22. The highest BCUT2D eigenvalue weighted by atomic mass is 16.1. The molecule has 0 aliphatic heterocycles. The fourth-order valence-electron chi connectivity index (χ4n) is 2.97. The van der Waals surface area contributed by atoms with E-state index >= 15 is 0 Å². The van der Waals surface area contributed by atoms with E-state index in [1.807, 2.05) is 49.4 Å². The molecule has 0 radical (unpaired) electrons. The number of aryl methyl sites for hydroxylation is 1. The van der Waals surface area contributed by atoms with Gasteiger partial charge in [-0.05, 0) is 18.6 Å². The summed E-state index contributed by atoms with van der Waals surface area (Å²) in [4.78, 5) is 25.6.